The summed E-state index contributed by atoms with van der Waals surface area (Å²) in [4.78, 5) is 0. The zero-order valence-electron chi connectivity index (χ0n) is 15.5. The summed E-state index contributed by atoms with van der Waals surface area (Å²) in [5, 5.41) is 7.24. The van der Waals surface area contributed by atoms with Crippen molar-refractivity contribution in [1.29, 1.82) is 0 Å². The fourth-order valence-electron chi connectivity index (χ4n) is 2.64. The topological polar surface area (TPSA) is 42.5 Å². The molecule has 0 amide bonds. The van der Waals surface area contributed by atoms with Crippen molar-refractivity contribution >= 4 is 23.0 Å². The maximum Gasteiger partial charge on any atom is 0.171 e. The van der Waals surface area contributed by atoms with Gasteiger partial charge in [-0.25, -0.2) is 0 Å². The predicted octanol–water partition coefficient (Wildman–Crippen LogP) is 4.76. The number of thiocarbonyl (C=S) groups is 1. The summed E-state index contributed by atoms with van der Waals surface area (Å²) in [5.41, 5.74) is 4.59. The summed E-state index contributed by atoms with van der Waals surface area (Å²) in [5.74, 6) is 1.44. The van der Waals surface area contributed by atoms with Gasteiger partial charge in [-0.1, -0.05) is 19.1 Å². The summed E-state index contributed by atoms with van der Waals surface area (Å²) in [7, 11) is 3.28. The maximum absolute atomic E-state index is 5.49. The number of aryl methyl sites for hydroxylation is 2. The zero-order valence-corrected chi connectivity index (χ0v) is 16.3. The van der Waals surface area contributed by atoms with Crippen LogP contribution in [0.3, 0.4) is 0 Å². The molecule has 1 unspecified atom stereocenters. The molecule has 1 atom stereocenters. The van der Waals surface area contributed by atoms with Crippen LogP contribution >= 0.6 is 12.2 Å². The second-order valence-corrected chi connectivity index (χ2v) is 6.38. The molecule has 0 saturated carbocycles. The van der Waals surface area contributed by atoms with Crippen LogP contribution in [0.5, 0.6) is 11.5 Å². The highest BCUT2D eigenvalue weighted by atomic mass is 32.1. The summed E-state index contributed by atoms with van der Waals surface area (Å²) < 4.78 is 10.7. The summed E-state index contributed by atoms with van der Waals surface area (Å²) in [6, 6.07) is 12.2. The number of benzene rings is 2. The monoisotopic (exact) mass is 358 g/mol. The Hall–Kier alpha value is -2.27. The second kappa shape index (κ2) is 8.72. The number of hydrogen-bond acceptors (Lipinski definition) is 3. The Morgan fingerprint density at radius 2 is 1.72 bits per heavy atom. The number of nitrogens with one attached hydrogen (secondary N) is 2. The summed E-state index contributed by atoms with van der Waals surface area (Å²) in [6.45, 7) is 6.31. The Morgan fingerprint density at radius 3 is 2.32 bits per heavy atom. The minimum Gasteiger partial charge on any atom is -0.493 e. The number of rotatable bonds is 6. The van der Waals surface area contributed by atoms with E-state index in [9.17, 15) is 0 Å². The zero-order chi connectivity index (χ0) is 18.4. The molecule has 2 aromatic rings. The average Bonchev–Trinajstić information content (AvgIpc) is 2.62. The first-order chi connectivity index (χ1) is 12.0. The van der Waals surface area contributed by atoms with E-state index >= 15 is 0 Å². The van der Waals surface area contributed by atoms with Gasteiger partial charge in [-0.3, -0.25) is 0 Å². The van der Waals surface area contributed by atoms with Gasteiger partial charge in [-0.05, 0) is 73.4 Å². The van der Waals surface area contributed by atoms with Crippen LogP contribution in [-0.2, 0) is 0 Å². The third-order valence-corrected chi connectivity index (χ3v) is 4.51. The quantitative estimate of drug-likeness (QED) is 0.729. The molecule has 0 aliphatic carbocycles. The van der Waals surface area contributed by atoms with Gasteiger partial charge in [0.15, 0.2) is 16.6 Å². The van der Waals surface area contributed by atoms with Gasteiger partial charge < -0.3 is 20.1 Å². The minimum absolute atomic E-state index is 0.0892. The van der Waals surface area contributed by atoms with Gasteiger partial charge in [-0.15, -0.1) is 0 Å². The van der Waals surface area contributed by atoms with Gasteiger partial charge in [0.25, 0.3) is 0 Å². The summed E-state index contributed by atoms with van der Waals surface area (Å²) in [6.07, 6.45) is 0.893. The standard InChI is InChI=1S/C20H26N2O2S/c1-6-17(15-8-10-18(23-4)19(12-15)24-5)22-20(25)21-16-9-7-13(2)14(3)11-16/h7-12,17H,6H2,1-5H3,(H2,21,22,25). The number of anilines is 1. The SMILES string of the molecule is CCC(NC(=S)Nc1ccc(C)c(C)c1)c1ccc(OC)c(OC)c1. The second-order valence-electron chi connectivity index (χ2n) is 5.97. The van der Waals surface area contributed by atoms with Crippen molar-refractivity contribution < 1.29 is 9.47 Å². The average molecular weight is 359 g/mol. The molecule has 2 N–H and O–H groups in total. The van der Waals surface area contributed by atoms with Crippen LogP contribution in [0.4, 0.5) is 5.69 Å². The first-order valence-corrected chi connectivity index (χ1v) is 8.76. The molecule has 0 aliphatic heterocycles. The molecule has 0 heterocycles. The first-order valence-electron chi connectivity index (χ1n) is 8.35. The van der Waals surface area contributed by atoms with Crippen LogP contribution in [0.15, 0.2) is 36.4 Å². The molecule has 2 rings (SSSR count). The highest BCUT2D eigenvalue weighted by Gasteiger charge is 2.14. The molecule has 0 aromatic heterocycles. The van der Waals surface area contributed by atoms with E-state index in [-0.39, 0.29) is 6.04 Å². The molecule has 4 nitrogen and oxygen atoms in total. The highest BCUT2D eigenvalue weighted by Crippen LogP contribution is 2.30. The fourth-order valence-corrected chi connectivity index (χ4v) is 2.90. The van der Waals surface area contributed by atoms with E-state index in [1.54, 1.807) is 14.2 Å². The third-order valence-electron chi connectivity index (χ3n) is 4.29. The molecule has 0 radical (unpaired) electrons. The summed E-state index contributed by atoms with van der Waals surface area (Å²) >= 11 is 5.49. The van der Waals surface area contributed by atoms with Crippen molar-refractivity contribution in [3.05, 3.63) is 53.1 Å². The number of hydrogen-bond donors (Lipinski definition) is 2. The largest absolute Gasteiger partial charge is 0.493 e. The van der Waals surface area contributed by atoms with Crippen LogP contribution < -0.4 is 20.1 Å². The normalized spacial score (nSPS) is 11.6. The van der Waals surface area contributed by atoms with E-state index in [0.29, 0.717) is 10.9 Å². The van der Waals surface area contributed by atoms with Gasteiger partial charge in [0.05, 0.1) is 20.3 Å². The fraction of sp³-hybridized carbons (Fsp3) is 0.350. The molecule has 0 fully saturated rings. The molecule has 0 saturated heterocycles. The van der Waals surface area contributed by atoms with E-state index in [1.807, 2.05) is 24.3 Å². The van der Waals surface area contributed by atoms with Crippen molar-refractivity contribution in [1.82, 2.24) is 5.32 Å². The number of ether oxygens (including phenoxy) is 2. The Kier molecular flexibility index (Phi) is 6.65. The first kappa shape index (κ1) is 19.1. The highest BCUT2D eigenvalue weighted by molar-refractivity contribution is 7.80. The van der Waals surface area contributed by atoms with E-state index in [1.165, 1.54) is 11.1 Å². The van der Waals surface area contributed by atoms with Gasteiger partial charge in [0.2, 0.25) is 0 Å². The lowest BCUT2D eigenvalue weighted by Crippen LogP contribution is -2.32. The molecule has 0 aliphatic rings. The minimum atomic E-state index is 0.0892. The third kappa shape index (κ3) is 4.86. The predicted molar refractivity (Wildman–Crippen MR) is 108 cm³/mol. The molecule has 0 bridgehead atoms. The van der Waals surface area contributed by atoms with Crippen molar-refractivity contribution in [2.75, 3.05) is 19.5 Å². The van der Waals surface area contributed by atoms with Gasteiger partial charge >= 0.3 is 0 Å². The Morgan fingerprint density at radius 1 is 1.00 bits per heavy atom. The maximum atomic E-state index is 5.49. The molecule has 134 valence electrons. The lowest BCUT2D eigenvalue weighted by atomic mass is 10.0. The van der Waals surface area contributed by atoms with Crippen LogP contribution in [-0.4, -0.2) is 19.3 Å². The van der Waals surface area contributed by atoms with Crippen LogP contribution in [0, 0.1) is 13.8 Å². The van der Waals surface area contributed by atoms with E-state index < -0.39 is 0 Å². The van der Waals surface area contributed by atoms with E-state index in [2.05, 4.69) is 43.5 Å². The van der Waals surface area contributed by atoms with Crippen LogP contribution in [0.1, 0.15) is 36.1 Å². The van der Waals surface area contributed by atoms with Gasteiger partial charge in [-0.2, -0.15) is 0 Å². The molecule has 5 heteroatoms. The molecular formula is C20H26N2O2S. The molecule has 25 heavy (non-hydrogen) atoms. The van der Waals surface area contributed by atoms with E-state index in [4.69, 9.17) is 21.7 Å². The van der Waals surface area contributed by atoms with Crippen LogP contribution in [0.25, 0.3) is 0 Å². The molecule has 0 spiro atoms. The van der Waals surface area contributed by atoms with E-state index in [0.717, 1.165) is 23.4 Å². The smallest absolute Gasteiger partial charge is 0.171 e. The van der Waals surface area contributed by atoms with Gasteiger partial charge in [0.1, 0.15) is 0 Å². The Balaban J connectivity index is 2.10. The lowest BCUT2D eigenvalue weighted by Gasteiger charge is -2.21. The van der Waals surface area contributed by atoms with Crippen molar-refractivity contribution in [3.63, 3.8) is 0 Å². The van der Waals surface area contributed by atoms with Gasteiger partial charge in [0, 0.05) is 5.69 Å². The van der Waals surface area contributed by atoms with Crippen LogP contribution in [0.2, 0.25) is 0 Å². The van der Waals surface area contributed by atoms with Crippen molar-refractivity contribution in [2.24, 2.45) is 0 Å². The molecule has 2 aromatic carbocycles. The lowest BCUT2D eigenvalue weighted by molar-refractivity contribution is 0.354. The van der Waals surface area contributed by atoms with Crippen molar-refractivity contribution in [2.45, 2.75) is 33.2 Å². The molecular weight excluding hydrogens is 332 g/mol. The number of methoxy groups -OCH3 is 2. The van der Waals surface area contributed by atoms with Crippen molar-refractivity contribution in [3.8, 4) is 11.5 Å². The Labute approximate surface area is 155 Å². The Bertz CT molecular complexity index is 746.